The Kier molecular flexibility index (Phi) is 4.21. The van der Waals surface area contributed by atoms with E-state index in [9.17, 15) is 13.7 Å². The van der Waals surface area contributed by atoms with Gasteiger partial charge in [0.2, 0.25) is 11.9 Å². The third-order valence-corrected chi connectivity index (χ3v) is 10.7. The van der Waals surface area contributed by atoms with Crippen LogP contribution < -0.4 is 0 Å². The van der Waals surface area contributed by atoms with Gasteiger partial charge in [-0.05, 0) is 69.7 Å². The maximum atomic E-state index is 9.98. The van der Waals surface area contributed by atoms with Gasteiger partial charge in [-0.1, -0.05) is 175 Å². The number of rotatable bonds is 6. The number of aromatic nitrogens is 5. The van der Waals surface area contributed by atoms with Crippen molar-refractivity contribution in [1.29, 1.82) is 0 Å². The zero-order chi connectivity index (χ0) is 62.3. The number of fused-ring (bicyclic) bond motifs is 9. The first kappa shape index (κ1) is 19.0. The average Bonchev–Trinajstić information content (AvgIpc) is 1.62. The lowest BCUT2D eigenvalue weighted by Crippen LogP contribution is -2.10. The molecule has 0 amide bonds. The lowest BCUT2D eigenvalue weighted by Gasteiger charge is -2.13. The first-order chi connectivity index (χ1) is 41.2. The van der Waals surface area contributed by atoms with Gasteiger partial charge < -0.3 is 4.42 Å². The van der Waals surface area contributed by atoms with E-state index in [1.54, 1.807) is 24.3 Å². The summed E-state index contributed by atoms with van der Waals surface area (Å²) in [5, 5.41) is -0.235. The van der Waals surface area contributed by atoms with Gasteiger partial charge in [-0.2, -0.15) is 15.0 Å². The van der Waals surface area contributed by atoms with Crippen LogP contribution >= 0.6 is 0 Å². The number of hydrogen-bond acceptors (Lipinski definition) is 4. The van der Waals surface area contributed by atoms with Crippen LogP contribution in [-0.2, 0) is 0 Å². The van der Waals surface area contributed by atoms with Gasteiger partial charge >= 0.3 is 0 Å². The highest BCUT2D eigenvalue weighted by Crippen LogP contribution is 2.39. The summed E-state index contributed by atoms with van der Waals surface area (Å²) in [4.78, 5) is 14.6. The summed E-state index contributed by atoms with van der Waals surface area (Å²) in [5.74, 6) is -1.71. The molecule has 0 fully saturated rings. The fourth-order valence-electron chi connectivity index (χ4n) is 7.92. The van der Waals surface area contributed by atoms with Crippen LogP contribution in [0.5, 0.6) is 0 Å². The fourth-order valence-corrected chi connectivity index (χ4v) is 7.92. The van der Waals surface area contributed by atoms with Gasteiger partial charge in [0, 0.05) is 37.9 Å². The van der Waals surface area contributed by atoms with Crippen LogP contribution in [0, 0.1) is 0 Å². The van der Waals surface area contributed by atoms with Crippen LogP contribution in [0.15, 0.2) is 216 Å². The zero-order valence-corrected chi connectivity index (χ0v) is 32.0. The minimum Gasteiger partial charge on any atom is -0.456 e. The molecular weight excluding hydrogens is 771 g/mol. The van der Waals surface area contributed by atoms with Crippen molar-refractivity contribution in [3.8, 4) is 56.7 Å². The molecule has 13 aromatic rings. The Hall–Kier alpha value is -8.61. The normalized spacial score (nSPS) is 17.1. The highest BCUT2D eigenvalue weighted by molar-refractivity contribution is 6.13. The maximum absolute atomic E-state index is 9.98. The van der Waals surface area contributed by atoms with Gasteiger partial charge in [0.15, 0.2) is 5.82 Å². The Balaban J connectivity index is 1.22. The number of benzene rings is 9. The standard InChI is InChI=1S/C57H35N5O/c1-3-14-36(15-4-1)40-30-32-45-43-18-7-10-22-48(43)61(50(45)34-40)56-58-55(39-28-26-38(27-29-39)42-21-13-25-53-54(42)47-20-9-12-24-52(47)63-53)59-57(60-56)62-49-23-11-8-19-44(49)46-33-31-41(35-51(46)62)37-16-5-2-6-17-37/h1-35H/i1D,2D,3D,4D,5D,6D,7D,8D,10D,11D,14D,15D,16D,17D,18D,19D,22D,23D,30D,31D,32D,33D,34D,35D. The first-order valence-corrected chi connectivity index (χ1v) is 19.2. The second-order valence-corrected chi connectivity index (χ2v) is 14.2. The summed E-state index contributed by atoms with van der Waals surface area (Å²) in [7, 11) is 0. The summed E-state index contributed by atoms with van der Waals surface area (Å²) in [6.07, 6.45) is 0. The highest BCUT2D eigenvalue weighted by atomic mass is 16.3. The van der Waals surface area contributed by atoms with Crippen LogP contribution in [-0.4, -0.2) is 24.1 Å². The van der Waals surface area contributed by atoms with E-state index < -0.39 is 223 Å². The molecule has 0 spiro atoms. The summed E-state index contributed by atoms with van der Waals surface area (Å²) >= 11 is 0. The van der Waals surface area contributed by atoms with Crippen molar-refractivity contribution in [1.82, 2.24) is 24.1 Å². The molecule has 0 saturated heterocycles. The summed E-state index contributed by atoms with van der Waals surface area (Å²) in [6, 6.07) is -0.508. The minimum atomic E-state index is -0.869. The van der Waals surface area contributed by atoms with Crippen LogP contribution in [0.2, 0.25) is 0 Å². The maximum Gasteiger partial charge on any atom is 0.240 e. The zero-order valence-electron chi connectivity index (χ0n) is 56.0. The summed E-state index contributed by atoms with van der Waals surface area (Å²) < 4.78 is 225. The fraction of sp³-hybridized carbons (Fsp3) is 0. The topological polar surface area (TPSA) is 61.7 Å². The van der Waals surface area contributed by atoms with Gasteiger partial charge in [0.1, 0.15) is 11.2 Å². The Bertz CT molecular complexity index is 5040. The molecule has 0 N–H and O–H groups in total. The Labute approximate surface area is 395 Å². The smallest absolute Gasteiger partial charge is 0.240 e. The Morgan fingerprint density at radius 1 is 0.365 bits per heavy atom. The molecule has 0 aliphatic carbocycles. The van der Waals surface area contributed by atoms with Gasteiger partial charge in [-0.25, -0.2) is 0 Å². The molecule has 13 rings (SSSR count). The highest BCUT2D eigenvalue weighted by Gasteiger charge is 2.22. The number of hydrogen-bond donors (Lipinski definition) is 0. The van der Waals surface area contributed by atoms with Crippen molar-refractivity contribution in [2.75, 3.05) is 0 Å². The molecule has 294 valence electrons. The molecule has 4 heterocycles. The molecule has 0 aliphatic rings. The quantitative estimate of drug-likeness (QED) is 0.167. The average molecular weight is 830 g/mol. The molecule has 6 nitrogen and oxygen atoms in total. The third kappa shape index (κ3) is 5.62. The molecular formula is C57H35N5O. The van der Waals surface area contributed by atoms with E-state index in [0.717, 1.165) is 25.5 Å². The van der Waals surface area contributed by atoms with Gasteiger partial charge in [0.25, 0.3) is 0 Å². The molecule has 0 atom stereocenters. The van der Waals surface area contributed by atoms with Gasteiger partial charge in [0.05, 0.1) is 55.0 Å². The molecule has 0 unspecified atom stereocenters. The predicted octanol–water partition coefficient (Wildman–Crippen LogP) is 14.6. The van der Waals surface area contributed by atoms with E-state index in [4.69, 9.17) is 38.6 Å². The largest absolute Gasteiger partial charge is 0.456 e. The Morgan fingerprint density at radius 3 is 1.48 bits per heavy atom. The van der Waals surface area contributed by atoms with Crippen LogP contribution in [0.3, 0.4) is 0 Å². The van der Waals surface area contributed by atoms with E-state index in [-0.39, 0.29) is 11.4 Å². The molecule has 63 heavy (non-hydrogen) atoms. The number of para-hydroxylation sites is 3. The monoisotopic (exact) mass is 829 g/mol. The molecule has 0 radical (unpaired) electrons. The minimum absolute atomic E-state index is 0.152. The molecule has 4 aromatic heterocycles. The molecule has 6 heteroatoms. The van der Waals surface area contributed by atoms with E-state index in [0.29, 0.717) is 16.7 Å². The third-order valence-electron chi connectivity index (χ3n) is 10.7. The van der Waals surface area contributed by atoms with Crippen LogP contribution in [0.4, 0.5) is 0 Å². The van der Waals surface area contributed by atoms with Gasteiger partial charge in [-0.15, -0.1) is 0 Å². The lowest BCUT2D eigenvalue weighted by atomic mass is 9.98. The van der Waals surface area contributed by atoms with Crippen molar-refractivity contribution in [3.05, 3.63) is 212 Å². The van der Waals surface area contributed by atoms with Crippen molar-refractivity contribution in [2.24, 2.45) is 0 Å². The summed E-state index contributed by atoms with van der Waals surface area (Å²) in [6.45, 7) is 0. The van der Waals surface area contributed by atoms with Crippen LogP contribution in [0.1, 0.15) is 32.9 Å². The van der Waals surface area contributed by atoms with E-state index >= 15 is 0 Å². The lowest BCUT2D eigenvalue weighted by molar-refractivity contribution is 0.669. The van der Waals surface area contributed by atoms with E-state index in [1.807, 2.05) is 42.5 Å². The molecule has 0 bridgehead atoms. The van der Waals surface area contributed by atoms with E-state index in [1.165, 1.54) is 0 Å². The molecule has 0 aliphatic heterocycles. The van der Waals surface area contributed by atoms with Crippen molar-refractivity contribution in [3.63, 3.8) is 0 Å². The number of furan rings is 1. The molecule has 9 aromatic carbocycles. The number of nitrogens with zero attached hydrogens (tertiary/aromatic N) is 5. The van der Waals surface area contributed by atoms with Gasteiger partial charge in [-0.3, -0.25) is 9.13 Å². The van der Waals surface area contributed by atoms with Crippen molar-refractivity contribution >= 4 is 65.6 Å². The SMILES string of the molecule is [2H]c1c([2H])c([2H])c(-c2c([2H])c([2H])c3c4c([2H])c([2H])c([2H])c([2H])c4n(-c4nc(-c5ccc(-c6cccc7oc8ccccc8c67)cc5)nc(-n5c6c([2H])c([2H])c([2H])c([2H])c6c6c([2H])c([2H])c(-c7c([2H])c([2H])c([2H])c([2H])c7[2H])c([2H])c65)n4)c3c2[2H])c([2H])c1[2H]. The van der Waals surface area contributed by atoms with Crippen molar-refractivity contribution in [2.45, 2.75) is 0 Å². The Morgan fingerprint density at radius 2 is 0.873 bits per heavy atom. The van der Waals surface area contributed by atoms with E-state index in [2.05, 4.69) is 0 Å². The second kappa shape index (κ2) is 14.0. The van der Waals surface area contributed by atoms with Crippen LogP contribution in [0.25, 0.3) is 122 Å². The molecule has 0 saturated carbocycles. The first-order valence-electron chi connectivity index (χ1n) is 31.2. The van der Waals surface area contributed by atoms with Crippen molar-refractivity contribution < 1.29 is 37.3 Å². The second-order valence-electron chi connectivity index (χ2n) is 14.2. The predicted molar refractivity (Wildman–Crippen MR) is 258 cm³/mol. The summed E-state index contributed by atoms with van der Waals surface area (Å²) in [5.41, 5.74) is -2.13.